The van der Waals surface area contributed by atoms with Gasteiger partial charge >= 0.3 is 0 Å². The van der Waals surface area contributed by atoms with Crippen molar-refractivity contribution in [3.8, 4) is 6.07 Å². The van der Waals surface area contributed by atoms with E-state index in [2.05, 4.69) is 5.32 Å². The molecule has 0 radical (unpaired) electrons. The number of rotatable bonds is 9. The largest absolute Gasteiger partial charge is 0.376 e. The van der Waals surface area contributed by atoms with Gasteiger partial charge in [0.05, 0.1) is 17.8 Å². The van der Waals surface area contributed by atoms with Gasteiger partial charge in [0.2, 0.25) is 5.91 Å². The van der Waals surface area contributed by atoms with Gasteiger partial charge in [-0.15, -0.1) is 0 Å². The molecule has 0 saturated heterocycles. The molecule has 0 aliphatic carbocycles. The summed E-state index contributed by atoms with van der Waals surface area (Å²) < 4.78 is 0. The van der Waals surface area contributed by atoms with Crippen LogP contribution in [0.5, 0.6) is 0 Å². The third-order valence-corrected chi connectivity index (χ3v) is 6.79. The Balaban J connectivity index is 1.67. The molecule has 2 unspecified atom stereocenters. The Labute approximate surface area is 234 Å². The Kier molecular flexibility index (Phi) is 9.10. The molecule has 3 amide bonds. The Morgan fingerprint density at radius 2 is 1.52 bits per heavy atom. The van der Waals surface area contributed by atoms with Crippen molar-refractivity contribution in [3.63, 3.8) is 0 Å². The molecule has 0 aromatic heterocycles. The second kappa shape index (κ2) is 12.9. The predicted octanol–water partition coefficient (Wildman–Crippen LogP) is 3.61. The van der Waals surface area contributed by atoms with Gasteiger partial charge in [-0.25, -0.2) is 0 Å². The molecule has 8 nitrogen and oxygen atoms in total. The predicted molar refractivity (Wildman–Crippen MR) is 151 cm³/mol. The van der Waals surface area contributed by atoms with E-state index >= 15 is 0 Å². The van der Waals surface area contributed by atoms with Crippen LogP contribution < -0.4 is 5.32 Å². The highest BCUT2D eigenvalue weighted by molar-refractivity contribution is 6.03. The molecule has 0 fully saturated rings. The lowest BCUT2D eigenvalue weighted by molar-refractivity contribution is -0.138. The van der Waals surface area contributed by atoms with Crippen LogP contribution in [0.25, 0.3) is 5.70 Å². The number of amides is 3. The minimum Gasteiger partial charge on any atom is -0.376 e. The smallest absolute Gasteiger partial charge is 0.258 e. The summed E-state index contributed by atoms with van der Waals surface area (Å²) in [4.78, 5) is 43.7. The third-order valence-electron chi connectivity index (χ3n) is 6.79. The lowest BCUT2D eigenvalue weighted by Crippen LogP contribution is -2.57. The molecular formula is C32H32N4O4. The van der Waals surface area contributed by atoms with Crippen molar-refractivity contribution in [2.45, 2.75) is 38.5 Å². The van der Waals surface area contributed by atoms with Crippen LogP contribution in [-0.4, -0.2) is 57.4 Å². The SMILES string of the molecule is CC(C)C1C(=O)N(CC(=O)N[C@@H](Cc2ccccc2)C(O)C#N)C(c2ccccc2)=CN1C(=O)c1ccccc1. The highest BCUT2D eigenvalue weighted by atomic mass is 16.3. The van der Waals surface area contributed by atoms with Crippen molar-refractivity contribution in [2.24, 2.45) is 5.92 Å². The summed E-state index contributed by atoms with van der Waals surface area (Å²) >= 11 is 0. The lowest BCUT2D eigenvalue weighted by Gasteiger charge is -2.41. The fourth-order valence-electron chi connectivity index (χ4n) is 4.80. The topological polar surface area (TPSA) is 114 Å². The van der Waals surface area contributed by atoms with Crippen LogP contribution in [0.2, 0.25) is 0 Å². The molecule has 204 valence electrons. The van der Waals surface area contributed by atoms with Gasteiger partial charge < -0.3 is 15.3 Å². The number of aliphatic hydroxyl groups excluding tert-OH is 1. The molecule has 1 heterocycles. The van der Waals surface area contributed by atoms with E-state index in [-0.39, 0.29) is 24.8 Å². The van der Waals surface area contributed by atoms with Crippen LogP contribution >= 0.6 is 0 Å². The highest BCUT2D eigenvalue weighted by Crippen LogP contribution is 2.31. The van der Waals surface area contributed by atoms with E-state index in [0.29, 0.717) is 16.8 Å². The highest BCUT2D eigenvalue weighted by Gasteiger charge is 2.41. The Morgan fingerprint density at radius 3 is 2.10 bits per heavy atom. The quantitative estimate of drug-likeness (QED) is 0.406. The molecule has 0 bridgehead atoms. The molecule has 0 saturated carbocycles. The van der Waals surface area contributed by atoms with Gasteiger partial charge in [-0.1, -0.05) is 92.7 Å². The Bertz CT molecular complexity index is 1400. The van der Waals surface area contributed by atoms with Crippen molar-refractivity contribution >= 4 is 23.4 Å². The van der Waals surface area contributed by atoms with Crippen LogP contribution in [0.3, 0.4) is 0 Å². The van der Waals surface area contributed by atoms with Crippen molar-refractivity contribution in [1.29, 1.82) is 5.26 Å². The second-order valence-corrected chi connectivity index (χ2v) is 10.0. The fourth-order valence-corrected chi connectivity index (χ4v) is 4.80. The summed E-state index contributed by atoms with van der Waals surface area (Å²) in [6.07, 6.45) is 0.438. The van der Waals surface area contributed by atoms with Crippen LogP contribution in [0, 0.1) is 17.2 Å². The zero-order valence-electron chi connectivity index (χ0n) is 22.5. The van der Waals surface area contributed by atoms with Crippen molar-refractivity contribution in [3.05, 3.63) is 114 Å². The molecule has 40 heavy (non-hydrogen) atoms. The summed E-state index contributed by atoms with van der Waals surface area (Å²) in [5.74, 6) is -1.48. The molecule has 1 aliphatic heterocycles. The van der Waals surface area contributed by atoms with Gasteiger partial charge in [-0.2, -0.15) is 5.26 Å². The van der Waals surface area contributed by atoms with E-state index in [1.54, 1.807) is 36.5 Å². The van der Waals surface area contributed by atoms with Gasteiger partial charge in [0.1, 0.15) is 12.6 Å². The van der Waals surface area contributed by atoms with E-state index in [4.69, 9.17) is 0 Å². The number of nitrogens with one attached hydrogen (secondary N) is 1. The molecule has 1 aliphatic rings. The maximum atomic E-state index is 14.0. The minimum atomic E-state index is -1.44. The van der Waals surface area contributed by atoms with Gasteiger partial charge in [0.15, 0.2) is 6.10 Å². The number of aliphatic hydroxyl groups is 1. The number of hydrogen-bond donors (Lipinski definition) is 2. The average Bonchev–Trinajstić information content (AvgIpc) is 2.98. The molecule has 3 aromatic rings. The molecule has 3 aromatic carbocycles. The maximum absolute atomic E-state index is 14.0. The van der Waals surface area contributed by atoms with Gasteiger partial charge in [0, 0.05) is 11.8 Å². The zero-order chi connectivity index (χ0) is 28.6. The van der Waals surface area contributed by atoms with Gasteiger partial charge in [-0.3, -0.25) is 19.3 Å². The first-order valence-corrected chi connectivity index (χ1v) is 13.2. The monoisotopic (exact) mass is 536 g/mol. The van der Waals surface area contributed by atoms with Crippen molar-refractivity contribution < 1.29 is 19.5 Å². The number of benzene rings is 3. The molecular weight excluding hydrogens is 504 g/mol. The van der Waals surface area contributed by atoms with Crippen LogP contribution in [0.4, 0.5) is 0 Å². The summed E-state index contributed by atoms with van der Waals surface area (Å²) in [7, 11) is 0. The zero-order valence-corrected chi connectivity index (χ0v) is 22.5. The third kappa shape index (κ3) is 6.45. The summed E-state index contributed by atoms with van der Waals surface area (Å²) in [5.41, 5.74) is 2.36. The molecule has 0 spiro atoms. The Hall–Kier alpha value is -4.74. The fraction of sp³-hybridized carbons (Fsp3) is 0.250. The van der Waals surface area contributed by atoms with Gasteiger partial charge in [0.25, 0.3) is 11.8 Å². The van der Waals surface area contributed by atoms with Crippen LogP contribution in [0.1, 0.15) is 35.3 Å². The van der Waals surface area contributed by atoms with E-state index in [1.807, 2.05) is 80.6 Å². The van der Waals surface area contributed by atoms with E-state index in [0.717, 1.165) is 5.56 Å². The first kappa shape index (κ1) is 28.3. The van der Waals surface area contributed by atoms with Crippen LogP contribution in [0.15, 0.2) is 97.2 Å². The first-order valence-electron chi connectivity index (χ1n) is 13.2. The van der Waals surface area contributed by atoms with Crippen molar-refractivity contribution in [2.75, 3.05) is 6.54 Å². The number of nitrogens with zero attached hydrogens (tertiary/aromatic N) is 3. The summed E-state index contributed by atoms with van der Waals surface area (Å²) in [5, 5.41) is 22.4. The standard InChI is InChI=1S/C32H32N4O4/c1-22(2)30-32(40)35(21-29(38)34-26(28(37)19-33)18-23-12-6-3-7-13-23)27(24-14-8-4-9-15-24)20-36(30)31(39)25-16-10-5-11-17-25/h3-17,20,22,26,28,30,37H,18,21H2,1-2H3,(H,34,38)/t26-,28?,30?/m0/s1. The summed E-state index contributed by atoms with van der Waals surface area (Å²) in [6.45, 7) is 3.36. The second-order valence-electron chi connectivity index (χ2n) is 10.0. The van der Waals surface area contributed by atoms with E-state index in [9.17, 15) is 24.8 Å². The van der Waals surface area contributed by atoms with Crippen LogP contribution in [-0.2, 0) is 16.0 Å². The maximum Gasteiger partial charge on any atom is 0.258 e. The molecule has 3 atom stereocenters. The molecule has 2 N–H and O–H groups in total. The molecule has 4 rings (SSSR count). The van der Waals surface area contributed by atoms with E-state index < -0.39 is 30.0 Å². The number of nitriles is 1. The summed E-state index contributed by atoms with van der Waals surface area (Å²) in [6, 6.07) is 27.2. The van der Waals surface area contributed by atoms with E-state index in [1.165, 1.54) is 9.80 Å². The van der Waals surface area contributed by atoms with Gasteiger partial charge in [-0.05, 0) is 35.6 Å². The normalized spacial score (nSPS) is 16.6. The molecule has 8 heteroatoms. The lowest BCUT2D eigenvalue weighted by atomic mass is 9.96. The minimum absolute atomic E-state index is 0.241. The number of carbonyl (C=O) groups excluding carboxylic acids is 3. The number of hydrogen-bond acceptors (Lipinski definition) is 5. The first-order chi connectivity index (χ1) is 19.3. The average molecular weight is 537 g/mol. The number of carbonyl (C=O) groups is 3. The Morgan fingerprint density at radius 1 is 0.950 bits per heavy atom. The van der Waals surface area contributed by atoms with Crippen molar-refractivity contribution in [1.82, 2.24) is 15.1 Å².